The van der Waals surface area contributed by atoms with Crippen LogP contribution in [0.3, 0.4) is 0 Å². The van der Waals surface area contributed by atoms with Crippen LogP contribution < -0.4 is 5.32 Å². The maximum atomic E-state index is 12.1. The van der Waals surface area contributed by atoms with Crippen LogP contribution in [0.2, 0.25) is 15.1 Å². The number of carbonyl (C=O) groups excluding carboxylic acids is 2. The summed E-state index contributed by atoms with van der Waals surface area (Å²) in [6.45, 7) is -0.481. The Labute approximate surface area is 164 Å². The van der Waals surface area contributed by atoms with Crippen LogP contribution in [0, 0.1) is 0 Å². The second kappa shape index (κ2) is 7.96. The van der Waals surface area contributed by atoms with E-state index in [0.717, 1.165) is 10.8 Å². The Bertz CT molecular complexity index is 1000. The molecule has 3 aromatic carbocycles. The van der Waals surface area contributed by atoms with Crippen LogP contribution in [0.5, 0.6) is 0 Å². The summed E-state index contributed by atoms with van der Waals surface area (Å²) in [5.41, 5.74) is 0.530. The van der Waals surface area contributed by atoms with E-state index in [4.69, 9.17) is 39.5 Å². The van der Waals surface area contributed by atoms with Gasteiger partial charge >= 0.3 is 5.97 Å². The van der Waals surface area contributed by atoms with Crippen LogP contribution in [0.15, 0.2) is 54.6 Å². The number of halogens is 3. The molecule has 0 bridgehead atoms. The van der Waals surface area contributed by atoms with Crippen LogP contribution in [0.1, 0.15) is 10.4 Å². The molecular weight excluding hydrogens is 397 g/mol. The van der Waals surface area contributed by atoms with Crippen molar-refractivity contribution in [2.24, 2.45) is 0 Å². The number of esters is 1. The molecule has 0 radical (unpaired) electrons. The van der Waals surface area contributed by atoms with Crippen LogP contribution in [0.4, 0.5) is 5.69 Å². The third-order valence-electron chi connectivity index (χ3n) is 3.62. The molecule has 0 fully saturated rings. The van der Waals surface area contributed by atoms with Crippen molar-refractivity contribution in [3.8, 4) is 0 Å². The van der Waals surface area contributed by atoms with Crippen LogP contribution in [0.25, 0.3) is 10.8 Å². The summed E-state index contributed by atoms with van der Waals surface area (Å²) < 4.78 is 4.99. The molecule has 0 saturated carbocycles. The maximum absolute atomic E-state index is 12.1. The lowest BCUT2D eigenvalue weighted by molar-refractivity contribution is -0.119. The van der Waals surface area contributed by atoms with Gasteiger partial charge in [0.2, 0.25) is 0 Å². The predicted molar refractivity (Wildman–Crippen MR) is 104 cm³/mol. The van der Waals surface area contributed by atoms with E-state index in [1.807, 2.05) is 36.4 Å². The fourth-order valence-corrected chi connectivity index (χ4v) is 3.06. The zero-order valence-corrected chi connectivity index (χ0v) is 15.5. The van der Waals surface area contributed by atoms with Crippen molar-refractivity contribution >= 4 is 63.1 Å². The molecule has 0 unspecified atom stereocenters. The Kier molecular flexibility index (Phi) is 5.67. The molecule has 132 valence electrons. The van der Waals surface area contributed by atoms with Gasteiger partial charge in [0.05, 0.1) is 20.6 Å². The van der Waals surface area contributed by atoms with E-state index in [2.05, 4.69) is 5.32 Å². The highest BCUT2D eigenvalue weighted by molar-refractivity contribution is 6.46. The van der Waals surface area contributed by atoms with E-state index in [9.17, 15) is 9.59 Å². The van der Waals surface area contributed by atoms with Crippen molar-refractivity contribution in [3.63, 3.8) is 0 Å². The van der Waals surface area contributed by atoms with Gasteiger partial charge in [-0.05, 0) is 35.0 Å². The fourth-order valence-electron chi connectivity index (χ4n) is 2.38. The standard InChI is InChI=1S/C19H12Cl3NO3/c20-14-7-8-15(21)18(22)17(14)19(25)26-10-16(24)23-13-6-5-11-3-1-2-4-12(11)9-13/h1-9H,10H2,(H,23,24). The Morgan fingerprint density at radius 2 is 1.58 bits per heavy atom. The molecule has 0 atom stereocenters. The second-order valence-electron chi connectivity index (χ2n) is 5.40. The number of anilines is 1. The quantitative estimate of drug-likeness (QED) is 0.452. The SMILES string of the molecule is O=C(COC(=O)c1c(Cl)ccc(Cl)c1Cl)Nc1ccc2ccccc2c1. The third kappa shape index (κ3) is 4.10. The number of ether oxygens (including phenoxy) is 1. The average Bonchev–Trinajstić information content (AvgIpc) is 2.63. The number of amides is 1. The van der Waals surface area contributed by atoms with Gasteiger partial charge in [0.15, 0.2) is 6.61 Å². The monoisotopic (exact) mass is 407 g/mol. The van der Waals surface area contributed by atoms with Crippen molar-refractivity contribution in [1.82, 2.24) is 0 Å². The van der Waals surface area contributed by atoms with Gasteiger partial charge in [0, 0.05) is 5.69 Å². The lowest BCUT2D eigenvalue weighted by Crippen LogP contribution is -2.21. The Morgan fingerprint density at radius 1 is 0.885 bits per heavy atom. The highest BCUT2D eigenvalue weighted by Gasteiger charge is 2.19. The third-order valence-corrected chi connectivity index (χ3v) is 4.73. The minimum atomic E-state index is -0.823. The lowest BCUT2D eigenvalue weighted by Gasteiger charge is -2.10. The zero-order valence-electron chi connectivity index (χ0n) is 13.3. The number of nitrogens with one attached hydrogen (secondary N) is 1. The van der Waals surface area contributed by atoms with Gasteiger partial charge in [0.25, 0.3) is 5.91 Å². The Balaban J connectivity index is 1.65. The van der Waals surface area contributed by atoms with Gasteiger partial charge in [0.1, 0.15) is 0 Å². The molecule has 0 aliphatic heterocycles. The average molecular weight is 409 g/mol. The number of fused-ring (bicyclic) bond motifs is 1. The van der Waals surface area contributed by atoms with Gasteiger partial charge in [-0.25, -0.2) is 4.79 Å². The molecule has 0 aliphatic carbocycles. The molecule has 1 N–H and O–H groups in total. The van der Waals surface area contributed by atoms with E-state index in [0.29, 0.717) is 5.69 Å². The summed E-state index contributed by atoms with van der Waals surface area (Å²) in [5.74, 6) is -1.31. The van der Waals surface area contributed by atoms with E-state index >= 15 is 0 Å². The first-order valence-electron chi connectivity index (χ1n) is 7.55. The van der Waals surface area contributed by atoms with E-state index < -0.39 is 18.5 Å². The lowest BCUT2D eigenvalue weighted by atomic mass is 10.1. The number of benzene rings is 3. The molecule has 3 rings (SSSR count). The number of hydrogen-bond donors (Lipinski definition) is 1. The molecule has 26 heavy (non-hydrogen) atoms. The molecule has 1 amide bonds. The van der Waals surface area contributed by atoms with Gasteiger partial charge in [-0.15, -0.1) is 0 Å². The van der Waals surface area contributed by atoms with Gasteiger partial charge in [-0.2, -0.15) is 0 Å². The molecular formula is C19H12Cl3NO3. The number of rotatable bonds is 4. The van der Waals surface area contributed by atoms with E-state index in [1.54, 1.807) is 6.07 Å². The highest BCUT2D eigenvalue weighted by atomic mass is 35.5. The molecule has 0 aromatic heterocycles. The van der Waals surface area contributed by atoms with Gasteiger partial charge < -0.3 is 10.1 Å². The Morgan fingerprint density at radius 3 is 2.35 bits per heavy atom. The van der Waals surface area contributed by atoms with Crippen molar-refractivity contribution < 1.29 is 14.3 Å². The van der Waals surface area contributed by atoms with Crippen LogP contribution in [-0.2, 0) is 9.53 Å². The van der Waals surface area contributed by atoms with E-state index in [-0.39, 0.29) is 20.6 Å². The maximum Gasteiger partial charge on any atom is 0.341 e. The highest BCUT2D eigenvalue weighted by Crippen LogP contribution is 2.31. The topological polar surface area (TPSA) is 55.4 Å². The molecule has 0 aliphatic rings. The molecule has 0 saturated heterocycles. The van der Waals surface area contributed by atoms with Crippen LogP contribution >= 0.6 is 34.8 Å². The predicted octanol–water partition coefficient (Wildman–Crippen LogP) is 5.60. The van der Waals surface area contributed by atoms with Gasteiger partial charge in [-0.1, -0.05) is 65.1 Å². The summed E-state index contributed by atoms with van der Waals surface area (Å²) in [6, 6.07) is 16.2. The summed E-state index contributed by atoms with van der Waals surface area (Å²) in [4.78, 5) is 24.2. The minimum absolute atomic E-state index is 0.0147. The summed E-state index contributed by atoms with van der Waals surface area (Å²) in [6.07, 6.45) is 0. The number of hydrogen-bond acceptors (Lipinski definition) is 3. The Hall–Kier alpha value is -2.27. The van der Waals surface area contributed by atoms with Crippen molar-refractivity contribution in [2.75, 3.05) is 11.9 Å². The summed E-state index contributed by atoms with van der Waals surface area (Å²) in [7, 11) is 0. The summed E-state index contributed by atoms with van der Waals surface area (Å²) in [5, 5.41) is 4.97. The molecule has 0 spiro atoms. The number of carbonyl (C=O) groups is 2. The molecule has 0 heterocycles. The first kappa shape index (κ1) is 18.5. The molecule has 3 aromatic rings. The van der Waals surface area contributed by atoms with Crippen LogP contribution in [-0.4, -0.2) is 18.5 Å². The summed E-state index contributed by atoms with van der Waals surface area (Å²) >= 11 is 17.8. The first-order valence-corrected chi connectivity index (χ1v) is 8.68. The minimum Gasteiger partial charge on any atom is -0.452 e. The molecule has 4 nitrogen and oxygen atoms in total. The van der Waals surface area contributed by atoms with E-state index in [1.165, 1.54) is 12.1 Å². The molecule has 7 heteroatoms. The largest absolute Gasteiger partial charge is 0.452 e. The van der Waals surface area contributed by atoms with Crippen molar-refractivity contribution in [3.05, 3.63) is 75.2 Å². The normalized spacial score (nSPS) is 10.6. The first-order chi connectivity index (χ1) is 12.5. The van der Waals surface area contributed by atoms with Gasteiger partial charge in [-0.3, -0.25) is 4.79 Å². The van der Waals surface area contributed by atoms with Crippen molar-refractivity contribution in [2.45, 2.75) is 0 Å². The zero-order chi connectivity index (χ0) is 18.7. The fraction of sp³-hybridized carbons (Fsp3) is 0.0526. The van der Waals surface area contributed by atoms with Crippen molar-refractivity contribution in [1.29, 1.82) is 0 Å². The second-order valence-corrected chi connectivity index (χ2v) is 6.60. The smallest absolute Gasteiger partial charge is 0.341 e.